The first-order chi connectivity index (χ1) is 12.4. The Labute approximate surface area is 154 Å². The van der Waals surface area contributed by atoms with Gasteiger partial charge in [0.2, 0.25) is 0 Å². The summed E-state index contributed by atoms with van der Waals surface area (Å²) in [5, 5.41) is 1.79. The van der Waals surface area contributed by atoms with Crippen molar-refractivity contribution in [1.82, 2.24) is 9.55 Å². The summed E-state index contributed by atoms with van der Waals surface area (Å²) in [4.78, 5) is 72.3. The molecule has 1 aromatic heterocycles. The number of anilines is 1. The molecule has 5 N–H and O–H groups in total. The van der Waals surface area contributed by atoms with Crippen LogP contribution in [0.5, 0.6) is 0 Å². The first-order valence-corrected chi connectivity index (χ1v) is 11.1. The van der Waals surface area contributed by atoms with Gasteiger partial charge in [-0.2, -0.15) is 4.98 Å². The largest absolute Gasteiger partial charge is 0.453 e. The topological polar surface area (TPSA) is 215 Å². The fourth-order valence-corrected chi connectivity index (χ4v) is 3.28. The maximum atomic E-state index is 12.0. The number of carbonyl (C=O) groups excluding carboxylic acids is 2. The van der Waals surface area contributed by atoms with Crippen LogP contribution in [0.4, 0.5) is 15.4 Å². The van der Waals surface area contributed by atoms with E-state index in [1.807, 2.05) is 0 Å². The van der Waals surface area contributed by atoms with Crippen molar-refractivity contribution in [3.05, 3.63) is 22.7 Å². The standard InChI is InChI=1S/C10H13N3O11P2S/c14-8-11-5(12-9(15)25(17,18)19)1-2-13(8)6-4-27-7(24-6)3-23-10(16)26(20,21)22/h1-2,6-7H,3-4H2,(H2,17,18,19)(H2,20,21,22)(H,11,12,14,15)/t6-,7+/m1/s1. The van der Waals surface area contributed by atoms with Crippen LogP contribution in [0, 0.1) is 0 Å². The van der Waals surface area contributed by atoms with Gasteiger partial charge in [0.1, 0.15) is 24.1 Å². The molecule has 1 fully saturated rings. The van der Waals surface area contributed by atoms with Gasteiger partial charge in [0.15, 0.2) is 0 Å². The number of thioether (sulfide) groups is 1. The summed E-state index contributed by atoms with van der Waals surface area (Å²) in [6.45, 7) is -0.455. The van der Waals surface area contributed by atoms with Crippen LogP contribution < -0.4 is 11.0 Å². The van der Waals surface area contributed by atoms with Crippen molar-refractivity contribution >= 4 is 44.1 Å². The van der Waals surface area contributed by atoms with E-state index in [0.29, 0.717) is 0 Å². The molecule has 0 spiro atoms. The van der Waals surface area contributed by atoms with E-state index in [0.717, 1.165) is 22.4 Å². The Kier molecular flexibility index (Phi) is 6.60. The number of nitrogens with one attached hydrogen (secondary N) is 1. The third-order valence-corrected chi connectivity index (χ3v) is 5.30. The van der Waals surface area contributed by atoms with Gasteiger partial charge in [0.25, 0.3) is 0 Å². The molecule has 150 valence electrons. The summed E-state index contributed by atoms with van der Waals surface area (Å²) in [7, 11) is -10.0. The van der Waals surface area contributed by atoms with E-state index in [1.165, 1.54) is 6.20 Å². The lowest BCUT2D eigenvalue weighted by Gasteiger charge is -2.15. The molecule has 1 aromatic rings. The van der Waals surface area contributed by atoms with Crippen LogP contribution in [0.1, 0.15) is 6.23 Å². The lowest BCUT2D eigenvalue weighted by atomic mass is 10.5. The molecule has 0 aliphatic carbocycles. The first kappa shape index (κ1) is 21.7. The second-order valence-corrected chi connectivity index (χ2v) is 9.09. The van der Waals surface area contributed by atoms with Gasteiger partial charge < -0.3 is 29.0 Å². The third kappa shape index (κ3) is 5.96. The van der Waals surface area contributed by atoms with Crippen LogP contribution in [0.25, 0.3) is 0 Å². The predicted octanol–water partition coefficient (Wildman–Crippen LogP) is -0.145. The van der Waals surface area contributed by atoms with Gasteiger partial charge in [-0.25, -0.2) is 18.7 Å². The van der Waals surface area contributed by atoms with Gasteiger partial charge in [-0.1, -0.05) is 0 Å². The zero-order valence-corrected chi connectivity index (χ0v) is 15.7. The van der Waals surface area contributed by atoms with Crippen LogP contribution in [-0.4, -0.2) is 58.3 Å². The Bertz CT molecular complexity index is 893. The lowest BCUT2D eigenvalue weighted by Crippen LogP contribution is -2.29. The van der Waals surface area contributed by atoms with Gasteiger partial charge in [-0.15, -0.1) is 11.8 Å². The monoisotopic (exact) mass is 445 g/mol. The molecule has 27 heavy (non-hydrogen) atoms. The minimum absolute atomic E-state index is 0.216. The van der Waals surface area contributed by atoms with Crippen LogP contribution in [-0.2, 0) is 18.6 Å². The number of rotatable bonds is 6. The Balaban J connectivity index is 1.98. The van der Waals surface area contributed by atoms with Crippen LogP contribution in [0.2, 0.25) is 0 Å². The summed E-state index contributed by atoms with van der Waals surface area (Å²) in [6.07, 6.45) is 0.320. The number of amides is 1. The number of hydrogen-bond acceptors (Lipinski definition) is 9. The fraction of sp³-hybridized carbons (Fsp3) is 0.400. The minimum Gasteiger partial charge on any atom is -0.453 e. The molecular formula is C10H13N3O11P2S. The Hall–Kier alpha value is -1.57. The smallest absolute Gasteiger partial charge is 0.433 e. The number of aromatic nitrogens is 2. The maximum Gasteiger partial charge on any atom is 0.433 e. The van der Waals surface area contributed by atoms with E-state index in [4.69, 9.17) is 24.3 Å². The molecule has 2 atom stereocenters. The minimum atomic E-state index is -5.03. The average molecular weight is 445 g/mol. The molecule has 0 saturated carbocycles. The van der Waals surface area contributed by atoms with E-state index in [9.17, 15) is 23.5 Å². The molecule has 2 heterocycles. The molecule has 17 heteroatoms. The van der Waals surface area contributed by atoms with E-state index >= 15 is 0 Å². The Morgan fingerprint density at radius 1 is 1.33 bits per heavy atom. The highest BCUT2D eigenvalue weighted by Crippen LogP contribution is 2.38. The fourth-order valence-electron chi connectivity index (χ4n) is 1.78. The molecule has 14 nitrogen and oxygen atoms in total. The Morgan fingerprint density at radius 3 is 2.56 bits per heavy atom. The van der Waals surface area contributed by atoms with Crippen molar-refractivity contribution < 1.29 is 47.8 Å². The van der Waals surface area contributed by atoms with Crippen molar-refractivity contribution in [3.63, 3.8) is 0 Å². The normalized spacial score (nSPS) is 20.3. The van der Waals surface area contributed by atoms with Crippen LogP contribution in [0.15, 0.2) is 17.1 Å². The summed E-state index contributed by atoms with van der Waals surface area (Å²) in [5.74, 6) is -0.157. The quantitative estimate of drug-likeness (QED) is 0.361. The zero-order chi connectivity index (χ0) is 20.4. The number of nitrogens with zero attached hydrogens (tertiary/aromatic N) is 2. The molecule has 1 aliphatic rings. The van der Waals surface area contributed by atoms with E-state index in [2.05, 4.69) is 9.72 Å². The molecule has 0 unspecified atom stereocenters. The molecule has 0 bridgehead atoms. The predicted molar refractivity (Wildman–Crippen MR) is 89.3 cm³/mol. The van der Waals surface area contributed by atoms with Gasteiger partial charge in [-0.3, -0.25) is 14.7 Å². The van der Waals surface area contributed by atoms with Gasteiger partial charge in [0.05, 0.1) is 0 Å². The molecule has 1 amide bonds. The summed E-state index contributed by atoms with van der Waals surface area (Å²) in [5.41, 5.74) is -4.99. The highest BCUT2D eigenvalue weighted by molar-refractivity contribution is 8.00. The molecule has 0 radical (unpaired) electrons. The van der Waals surface area contributed by atoms with Crippen molar-refractivity contribution in [2.75, 3.05) is 17.7 Å². The van der Waals surface area contributed by atoms with Crippen molar-refractivity contribution in [3.8, 4) is 0 Å². The Morgan fingerprint density at radius 2 is 2.00 bits per heavy atom. The van der Waals surface area contributed by atoms with Crippen LogP contribution in [0.3, 0.4) is 0 Å². The van der Waals surface area contributed by atoms with E-state index < -0.39 is 50.5 Å². The van der Waals surface area contributed by atoms with Crippen molar-refractivity contribution in [2.24, 2.45) is 0 Å². The molecular weight excluding hydrogens is 432 g/mol. The van der Waals surface area contributed by atoms with Gasteiger partial charge >= 0.3 is 32.2 Å². The second kappa shape index (κ2) is 8.20. The number of ether oxygens (including phenoxy) is 2. The highest BCUT2D eigenvalue weighted by Gasteiger charge is 2.33. The second-order valence-electron chi connectivity index (χ2n) is 4.95. The zero-order valence-electron chi connectivity index (χ0n) is 13.1. The summed E-state index contributed by atoms with van der Waals surface area (Å²) < 4.78 is 32.3. The number of carbonyl (C=O) groups is 2. The molecule has 0 aromatic carbocycles. The molecule has 1 saturated heterocycles. The lowest BCUT2D eigenvalue weighted by molar-refractivity contribution is -0.00816. The SMILES string of the molecule is O=C(Nc1ccn([C@H]2CS[C@@H](COC(=O)P(=O)(O)O)O2)c(=O)n1)P(=O)(O)O. The van der Waals surface area contributed by atoms with Gasteiger partial charge in [0, 0.05) is 11.9 Å². The average Bonchev–Trinajstić information content (AvgIpc) is 2.99. The van der Waals surface area contributed by atoms with Crippen molar-refractivity contribution in [1.29, 1.82) is 0 Å². The van der Waals surface area contributed by atoms with Crippen LogP contribution >= 0.6 is 27.0 Å². The number of hydrogen-bond donors (Lipinski definition) is 5. The van der Waals surface area contributed by atoms with E-state index in [-0.39, 0.29) is 11.6 Å². The summed E-state index contributed by atoms with van der Waals surface area (Å²) in [6, 6.07) is 1.12. The van der Waals surface area contributed by atoms with Gasteiger partial charge in [-0.05, 0) is 6.07 Å². The van der Waals surface area contributed by atoms with Crippen molar-refractivity contribution in [2.45, 2.75) is 11.7 Å². The molecule has 1 aliphatic heterocycles. The highest BCUT2D eigenvalue weighted by atomic mass is 32.2. The third-order valence-electron chi connectivity index (χ3n) is 2.95. The molecule has 2 rings (SSSR count). The first-order valence-electron chi connectivity index (χ1n) is 6.84. The van der Waals surface area contributed by atoms with E-state index in [1.54, 1.807) is 5.32 Å². The maximum absolute atomic E-state index is 12.0. The summed E-state index contributed by atoms with van der Waals surface area (Å²) >= 11 is 1.11.